The number of hydrogen-bond acceptors (Lipinski definition) is 3. The minimum atomic E-state index is -0.300. The van der Waals surface area contributed by atoms with Crippen LogP contribution in [0.15, 0.2) is 33.7 Å². The predicted molar refractivity (Wildman–Crippen MR) is 91.1 cm³/mol. The maximum Gasteiger partial charge on any atom is 0.242 e. The van der Waals surface area contributed by atoms with Crippen LogP contribution in [0, 0.1) is 11.3 Å². The number of rotatable bonds is 2. The molecule has 23 heavy (non-hydrogen) atoms. The number of likely N-dealkylation sites (tertiary alicyclic amines) is 1. The maximum absolute atomic E-state index is 12.5. The normalized spacial score (nSPS) is 14.7. The molecule has 0 spiro atoms. The summed E-state index contributed by atoms with van der Waals surface area (Å²) < 4.78 is 2.48. The fourth-order valence-corrected chi connectivity index (χ4v) is 3.33. The van der Waals surface area contributed by atoms with Crippen LogP contribution in [0.4, 0.5) is 0 Å². The van der Waals surface area contributed by atoms with Crippen molar-refractivity contribution in [2.45, 2.75) is 25.8 Å². The lowest BCUT2D eigenvalue weighted by Gasteiger charge is -2.27. The highest BCUT2D eigenvalue weighted by atomic mass is 79.9. The van der Waals surface area contributed by atoms with E-state index in [4.69, 9.17) is 0 Å². The number of hydrogen-bond donors (Lipinski definition) is 0. The lowest BCUT2D eigenvalue weighted by Crippen LogP contribution is -2.38. The van der Waals surface area contributed by atoms with Crippen molar-refractivity contribution in [1.82, 2.24) is 9.47 Å². The third-order valence-corrected chi connectivity index (χ3v) is 4.67. The molecule has 1 aliphatic rings. The van der Waals surface area contributed by atoms with E-state index >= 15 is 0 Å². The van der Waals surface area contributed by atoms with Crippen molar-refractivity contribution in [2.24, 2.45) is 0 Å². The number of benzene rings is 1. The summed E-state index contributed by atoms with van der Waals surface area (Å²) in [7, 11) is 0. The zero-order chi connectivity index (χ0) is 16.4. The maximum atomic E-state index is 12.5. The lowest BCUT2D eigenvalue weighted by molar-refractivity contribution is -0.132. The highest BCUT2D eigenvalue weighted by Crippen LogP contribution is 2.19. The predicted octanol–water partition coefficient (Wildman–Crippen LogP) is 2.65. The summed E-state index contributed by atoms with van der Waals surface area (Å²) >= 11 is 3.34. The number of amides is 1. The first kappa shape index (κ1) is 15.8. The molecule has 0 N–H and O–H groups in total. The summed E-state index contributed by atoms with van der Waals surface area (Å²) in [5.41, 5.74) is 0.426. The van der Waals surface area contributed by atoms with Crippen LogP contribution in [0.5, 0.6) is 0 Å². The fraction of sp³-hybridized carbons (Fsp3) is 0.353. The molecule has 0 saturated carbocycles. The summed E-state index contributed by atoms with van der Waals surface area (Å²) in [5.74, 6) is 0.0291. The quantitative estimate of drug-likeness (QED) is 0.812. The Bertz CT molecular complexity index is 860. The largest absolute Gasteiger partial charge is 0.341 e. The van der Waals surface area contributed by atoms with Crippen molar-refractivity contribution in [3.63, 3.8) is 0 Å². The Morgan fingerprint density at radius 2 is 2.00 bits per heavy atom. The Kier molecular flexibility index (Phi) is 4.49. The van der Waals surface area contributed by atoms with Gasteiger partial charge in [-0.15, -0.1) is 0 Å². The van der Waals surface area contributed by atoms with Crippen LogP contribution in [-0.4, -0.2) is 28.5 Å². The van der Waals surface area contributed by atoms with Crippen molar-refractivity contribution in [1.29, 1.82) is 5.26 Å². The number of nitriles is 1. The molecule has 1 aromatic carbocycles. The number of fused-ring (bicyclic) bond motifs is 1. The summed E-state index contributed by atoms with van der Waals surface area (Å²) in [6, 6.07) is 7.25. The molecule has 1 saturated heterocycles. The van der Waals surface area contributed by atoms with Gasteiger partial charge >= 0.3 is 0 Å². The highest BCUT2D eigenvalue weighted by molar-refractivity contribution is 9.10. The summed E-state index contributed by atoms with van der Waals surface area (Å²) in [5, 5.41) is 9.63. The van der Waals surface area contributed by atoms with E-state index in [1.165, 1.54) is 6.20 Å². The van der Waals surface area contributed by atoms with Gasteiger partial charge < -0.3 is 9.47 Å². The Hall–Kier alpha value is -2.13. The smallest absolute Gasteiger partial charge is 0.242 e. The molecule has 2 aromatic rings. The van der Waals surface area contributed by atoms with Gasteiger partial charge in [-0.3, -0.25) is 9.59 Å². The molecule has 2 heterocycles. The van der Waals surface area contributed by atoms with Gasteiger partial charge in [-0.05, 0) is 37.5 Å². The van der Waals surface area contributed by atoms with E-state index in [2.05, 4.69) is 15.9 Å². The second kappa shape index (κ2) is 6.55. The van der Waals surface area contributed by atoms with Crippen molar-refractivity contribution in [2.75, 3.05) is 13.1 Å². The average molecular weight is 374 g/mol. The van der Waals surface area contributed by atoms with Crippen LogP contribution < -0.4 is 5.43 Å². The third kappa shape index (κ3) is 3.15. The van der Waals surface area contributed by atoms with E-state index in [9.17, 15) is 14.9 Å². The molecule has 6 heteroatoms. The van der Waals surface area contributed by atoms with Crippen molar-refractivity contribution in [3.05, 3.63) is 44.7 Å². The molecule has 1 aromatic heterocycles. The molecule has 118 valence electrons. The van der Waals surface area contributed by atoms with Crippen LogP contribution in [0.3, 0.4) is 0 Å². The SMILES string of the molecule is N#Cc1cn(CC(=O)N2CCCCC2)c2ccc(Br)cc2c1=O. The van der Waals surface area contributed by atoms with E-state index in [1.807, 2.05) is 17.0 Å². The first-order chi connectivity index (χ1) is 11.1. The molecule has 3 rings (SSSR count). The zero-order valence-electron chi connectivity index (χ0n) is 12.6. The first-order valence-electron chi connectivity index (χ1n) is 7.61. The molecule has 0 radical (unpaired) electrons. The zero-order valence-corrected chi connectivity index (χ0v) is 14.2. The van der Waals surface area contributed by atoms with Gasteiger partial charge in [0.1, 0.15) is 18.2 Å². The number of piperidine rings is 1. The van der Waals surface area contributed by atoms with Gasteiger partial charge in [-0.2, -0.15) is 5.26 Å². The Labute approximate surface area is 142 Å². The van der Waals surface area contributed by atoms with E-state index in [0.29, 0.717) is 10.9 Å². The number of pyridine rings is 1. The number of carbonyl (C=O) groups is 1. The van der Waals surface area contributed by atoms with Gasteiger partial charge in [0.15, 0.2) is 0 Å². The van der Waals surface area contributed by atoms with Crippen LogP contribution in [0.2, 0.25) is 0 Å². The monoisotopic (exact) mass is 373 g/mol. The van der Waals surface area contributed by atoms with Crippen LogP contribution in [-0.2, 0) is 11.3 Å². The number of aromatic nitrogens is 1. The van der Waals surface area contributed by atoms with Gasteiger partial charge in [0.2, 0.25) is 11.3 Å². The van der Waals surface area contributed by atoms with Gasteiger partial charge in [-0.1, -0.05) is 15.9 Å². The van der Waals surface area contributed by atoms with Gasteiger partial charge in [0.05, 0.1) is 5.52 Å². The highest BCUT2D eigenvalue weighted by Gasteiger charge is 2.18. The third-order valence-electron chi connectivity index (χ3n) is 4.18. The molecular formula is C17H16BrN3O2. The van der Waals surface area contributed by atoms with E-state index in [-0.39, 0.29) is 23.4 Å². The molecule has 1 aliphatic heterocycles. The van der Waals surface area contributed by atoms with Gasteiger partial charge in [0, 0.05) is 29.1 Å². The van der Waals surface area contributed by atoms with Gasteiger partial charge in [-0.25, -0.2) is 0 Å². The van der Waals surface area contributed by atoms with E-state index in [1.54, 1.807) is 16.7 Å². The molecule has 1 fully saturated rings. The number of halogens is 1. The molecule has 0 bridgehead atoms. The Morgan fingerprint density at radius 3 is 2.70 bits per heavy atom. The molecule has 5 nitrogen and oxygen atoms in total. The second-order valence-corrected chi connectivity index (χ2v) is 6.63. The molecular weight excluding hydrogens is 358 g/mol. The van der Waals surface area contributed by atoms with E-state index in [0.717, 1.165) is 36.8 Å². The lowest BCUT2D eigenvalue weighted by atomic mass is 10.1. The second-order valence-electron chi connectivity index (χ2n) is 5.71. The minimum Gasteiger partial charge on any atom is -0.341 e. The van der Waals surface area contributed by atoms with Gasteiger partial charge in [0.25, 0.3) is 0 Å². The van der Waals surface area contributed by atoms with Crippen molar-refractivity contribution in [3.8, 4) is 6.07 Å². The van der Waals surface area contributed by atoms with Crippen LogP contribution in [0.25, 0.3) is 10.9 Å². The fourth-order valence-electron chi connectivity index (χ4n) is 2.97. The Balaban J connectivity index is 2.03. The first-order valence-corrected chi connectivity index (χ1v) is 8.40. The molecule has 1 amide bonds. The average Bonchev–Trinajstić information content (AvgIpc) is 2.58. The standard InChI is InChI=1S/C17H16BrN3O2/c18-13-4-5-15-14(8-13)17(23)12(9-19)10-21(15)11-16(22)20-6-2-1-3-7-20/h4-5,8,10H,1-3,6-7,11H2. The molecule has 0 aliphatic carbocycles. The molecule has 0 atom stereocenters. The Morgan fingerprint density at radius 1 is 1.26 bits per heavy atom. The summed E-state index contributed by atoms with van der Waals surface area (Å²) in [4.78, 5) is 26.7. The molecule has 0 unspecified atom stereocenters. The number of nitrogens with zero attached hydrogens (tertiary/aromatic N) is 3. The summed E-state index contributed by atoms with van der Waals surface area (Å²) in [6.45, 7) is 1.72. The topological polar surface area (TPSA) is 66.1 Å². The van der Waals surface area contributed by atoms with Crippen LogP contribution in [0.1, 0.15) is 24.8 Å². The van der Waals surface area contributed by atoms with Crippen LogP contribution >= 0.6 is 15.9 Å². The minimum absolute atomic E-state index is 0.0291. The van der Waals surface area contributed by atoms with Crippen molar-refractivity contribution < 1.29 is 4.79 Å². The van der Waals surface area contributed by atoms with Crippen molar-refractivity contribution >= 4 is 32.7 Å². The van der Waals surface area contributed by atoms with E-state index < -0.39 is 0 Å². The summed E-state index contributed by atoms with van der Waals surface area (Å²) in [6.07, 6.45) is 4.72. The number of carbonyl (C=O) groups excluding carboxylic acids is 1.